The van der Waals surface area contributed by atoms with Crippen molar-refractivity contribution >= 4 is 55.2 Å². The van der Waals surface area contributed by atoms with Gasteiger partial charge in [0, 0.05) is 39.9 Å². The van der Waals surface area contributed by atoms with Gasteiger partial charge in [-0.15, -0.1) is 11.3 Å². The lowest BCUT2D eigenvalue weighted by atomic mass is 10.1. The van der Waals surface area contributed by atoms with E-state index in [1.54, 1.807) is 23.1 Å². The van der Waals surface area contributed by atoms with Gasteiger partial charge >= 0.3 is 0 Å². The Kier molecular flexibility index (Phi) is 6.24. The quantitative estimate of drug-likeness (QED) is 0.256. The van der Waals surface area contributed by atoms with Crippen molar-refractivity contribution in [1.29, 1.82) is 0 Å². The van der Waals surface area contributed by atoms with Gasteiger partial charge in [0.25, 0.3) is 10.1 Å². The van der Waals surface area contributed by atoms with Crippen molar-refractivity contribution in [2.45, 2.75) is 25.3 Å². The predicted molar refractivity (Wildman–Crippen MR) is 142 cm³/mol. The number of aryl methyl sites for hydroxylation is 2. The number of hydrogen-bond donors (Lipinski definition) is 1. The summed E-state index contributed by atoms with van der Waals surface area (Å²) in [7, 11) is -4.08. The van der Waals surface area contributed by atoms with E-state index in [-0.39, 0.29) is 12.3 Å². The number of rotatable bonds is 6. The molecule has 0 spiro atoms. The van der Waals surface area contributed by atoms with E-state index in [4.69, 9.17) is 0 Å². The molecule has 2 aromatic heterocycles. The molecule has 1 aliphatic heterocycles. The Morgan fingerprint density at radius 3 is 2.59 bits per heavy atom. The van der Waals surface area contributed by atoms with Crippen molar-refractivity contribution in [3.05, 3.63) is 83.0 Å². The molecule has 0 radical (unpaired) electrons. The molecule has 0 amide bonds. The molecule has 3 heterocycles. The molecule has 34 heavy (non-hydrogen) atoms. The molecule has 0 saturated heterocycles. The fourth-order valence-corrected chi connectivity index (χ4v) is 7.19. The monoisotopic (exact) mass is 509 g/mol. The standard InChI is InChI=1S/C26H24N2O3S3/c1-3-27-21(11-10-20-15-18(2)9-12-22(20)27)16-25-28(13-14-34(29,30)31)26-24(32-25)17-23(33-26)19-7-5-4-6-8-19/h4-12,15-17H,3,13-14H2,1-2H3/p+1. The van der Waals surface area contributed by atoms with Gasteiger partial charge in [-0.2, -0.15) is 13.0 Å². The van der Waals surface area contributed by atoms with Gasteiger partial charge in [0.2, 0.25) is 11.2 Å². The molecule has 0 bridgehead atoms. The summed E-state index contributed by atoms with van der Waals surface area (Å²) in [5.41, 5.74) is 4.58. The number of thiophene rings is 1. The maximum absolute atomic E-state index is 11.6. The normalized spacial score (nSPS) is 14.8. The molecular weight excluding hydrogens is 484 g/mol. The number of hydrogen-bond acceptors (Lipinski definition) is 5. The van der Waals surface area contributed by atoms with Crippen LogP contribution in [-0.4, -0.2) is 25.3 Å². The molecule has 0 fully saturated rings. The second-order valence-electron chi connectivity index (χ2n) is 8.23. The average molecular weight is 510 g/mol. The number of thioether (sulfide) groups is 1. The van der Waals surface area contributed by atoms with Crippen molar-refractivity contribution in [3.63, 3.8) is 0 Å². The molecule has 174 valence electrons. The summed E-state index contributed by atoms with van der Waals surface area (Å²) in [4.78, 5) is 4.26. The highest BCUT2D eigenvalue weighted by Gasteiger charge is 2.30. The first kappa shape index (κ1) is 23.1. The van der Waals surface area contributed by atoms with Gasteiger partial charge in [0.15, 0.2) is 0 Å². The second-order valence-corrected chi connectivity index (χ2v) is 11.9. The average Bonchev–Trinajstić information content (AvgIpc) is 3.35. The van der Waals surface area contributed by atoms with Crippen LogP contribution >= 0.6 is 23.1 Å². The zero-order valence-corrected chi connectivity index (χ0v) is 21.4. The summed E-state index contributed by atoms with van der Waals surface area (Å²) in [6.07, 6.45) is 2.12. The van der Waals surface area contributed by atoms with Gasteiger partial charge in [-0.3, -0.25) is 4.55 Å². The molecule has 2 aromatic carbocycles. The van der Waals surface area contributed by atoms with Crippen LogP contribution in [0.5, 0.6) is 0 Å². The zero-order valence-electron chi connectivity index (χ0n) is 18.9. The van der Waals surface area contributed by atoms with Gasteiger partial charge in [-0.1, -0.05) is 53.7 Å². The molecule has 0 atom stereocenters. The van der Waals surface area contributed by atoms with Crippen molar-refractivity contribution in [2.75, 3.05) is 17.2 Å². The summed E-state index contributed by atoms with van der Waals surface area (Å²) in [5, 5.41) is 3.16. The SMILES string of the molecule is CC[n+]1c(/C=C2/Sc3cc(-c4ccccc4)sc3N2CCS(=O)(=O)O)ccc2cc(C)ccc21. The van der Waals surface area contributed by atoms with E-state index in [0.717, 1.165) is 43.1 Å². The third kappa shape index (κ3) is 4.63. The van der Waals surface area contributed by atoms with Crippen LogP contribution in [0.2, 0.25) is 0 Å². The van der Waals surface area contributed by atoms with Gasteiger partial charge in [0.05, 0.1) is 10.8 Å². The molecule has 5 rings (SSSR count). The topological polar surface area (TPSA) is 61.5 Å². The molecule has 1 N–H and O–H groups in total. The number of pyridine rings is 1. The van der Waals surface area contributed by atoms with Crippen molar-refractivity contribution < 1.29 is 17.5 Å². The minimum atomic E-state index is -4.08. The highest BCUT2D eigenvalue weighted by atomic mass is 32.2. The van der Waals surface area contributed by atoms with Crippen molar-refractivity contribution in [3.8, 4) is 10.4 Å². The lowest BCUT2D eigenvalue weighted by Crippen LogP contribution is -2.37. The Balaban J connectivity index is 1.57. The lowest BCUT2D eigenvalue weighted by Gasteiger charge is -2.18. The van der Waals surface area contributed by atoms with Gasteiger partial charge in [-0.05, 0) is 37.6 Å². The summed E-state index contributed by atoms with van der Waals surface area (Å²) >= 11 is 3.28. The van der Waals surface area contributed by atoms with Crippen LogP contribution in [0.1, 0.15) is 18.2 Å². The summed E-state index contributed by atoms with van der Waals surface area (Å²) < 4.78 is 34.8. The first-order valence-electron chi connectivity index (χ1n) is 11.1. The maximum Gasteiger partial charge on any atom is 0.266 e. The van der Waals surface area contributed by atoms with E-state index in [1.807, 2.05) is 23.1 Å². The summed E-state index contributed by atoms with van der Waals surface area (Å²) in [5.74, 6) is -0.326. The minimum absolute atomic E-state index is 0.193. The van der Waals surface area contributed by atoms with Crippen molar-refractivity contribution in [2.24, 2.45) is 0 Å². The largest absolute Gasteiger partial charge is 0.325 e. The first-order chi connectivity index (χ1) is 16.3. The third-order valence-electron chi connectivity index (χ3n) is 5.84. The third-order valence-corrected chi connectivity index (χ3v) is 8.96. The second kappa shape index (κ2) is 9.19. The minimum Gasteiger partial charge on any atom is -0.325 e. The van der Waals surface area contributed by atoms with E-state index < -0.39 is 10.1 Å². The number of fused-ring (bicyclic) bond motifs is 2. The molecule has 0 aliphatic carbocycles. The number of anilines is 1. The zero-order chi connectivity index (χ0) is 23.9. The number of aromatic nitrogens is 1. The van der Waals surface area contributed by atoms with Crippen LogP contribution in [0.25, 0.3) is 27.4 Å². The molecule has 0 saturated carbocycles. The van der Waals surface area contributed by atoms with Gasteiger partial charge < -0.3 is 4.90 Å². The Morgan fingerprint density at radius 2 is 1.85 bits per heavy atom. The van der Waals surface area contributed by atoms with Gasteiger partial charge in [0.1, 0.15) is 11.5 Å². The molecule has 1 aliphatic rings. The maximum atomic E-state index is 11.6. The highest BCUT2D eigenvalue weighted by molar-refractivity contribution is 8.04. The van der Waals surface area contributed by atoms with E-state index in [0.29, 0.717) is 0 Å². The van der Waals surface area contributed by atoms with Crippen LogP contribution in [0.3, 0.4) is 0 Å². The molecule has 5 nitrogen and oxygen atoms in total. The Labute approximate surface area is 208 Å². The molecule has 0 unspecified atom stereocenters. The number of nitrogens with zero attached hydrogens (tertiary/aromatic N) is 2. The smallest absolute Gasteiger partial charge is 0.266 e. The van der Waals surface area contributed by atoms with Crippen LogP contribution in [0, 0.1) is 6.92 Å². The van der Waals surface area contributed by atoms with Gasteiger partial charge in [-0.25, -0.2) is 0 Å². The Hall–Kier alpha value is -2.65. The van der Waals surface area contributed by atoms with Crippen LogP contribution in [0.4, 0.5) is 5.00 Å². The van der Waals surface area contributed by atoms with E-state index in [2.05, 4.69) is 73.0 Å². The fourth-order valence-electron chi connectivity index (χ4n) is 4.23. The van der Waals surface area contributed by atoms with Crippen LogP contribution < -0.4 is 9.47 Å². The predicted octanol–water partition coefficient (Wildman–Crippen LogP) is 5.98. The molecule has 8 heteroatoms. The Bertz CT molecular complexity index is 1510. The summed E-state index contributed by atoms with van der Waals surface area (Å²) in [6, 6.07) is 23.0. The highest BCUT2D eigenvalue weighted by Crippen LogP contribution is 2.53. The van der Waals surface area contributed by atoms with E-state index >= 15 is 0 Å². The van der Waals surface area contributed by atoms with Crippen LogP contribution in [-0.2, 0) is 16.7 Å². The molecule has 4 aromatic rings. The lowest BCUT2D eigenvalue weighted by molar-refractivity contribution is -0.669. The van der Waals surface area contributed by atoms with E-state index in [9.17, 15) is 13.0 Å². The molecular formula is C26H25N2O3S3+. The van der Waals surface area contributed by atoms with Crippen molar-refractivity contribution in [1.82, 2.24) is 0 Å². The number of benzene rings is 2. The Morgan fingerprint density at radius 1 is 1.06 bits per heavy atom. The summed E-state index contributed by atoms with van der Waals surface area (Å²) in [6.45, 7) is 5.23. The van der Waals surface area contributed by atoms with E-state index in [1.165, 1.54) is 10.9 Å². The fraction of sp³-hybridized carbons (Fsp3) is 0.192. The first-order valence-corrected chi connectivity index (χ1v) is 14.3. The van der Waals surface area contributed by atoms with Crippen LogP contribution in [0.15, 0.2) is 76.7 Å².